The van der Waals surface area contributed by atoms with Crippen LogP contribution in [0.25, 0.3) is 0 Å². The molecular weight excluding hydrogens is 260 g/mol. The number of carbonyl (C=O) groups is 2. The van der Waals surface area contributed by atoms with E-state index in [2.05, 4.69) is 15.3 Å². The zero-order valence-electron chi connectivity index (χ0n) is 11.6. The lowest BCUT2D eigenvalue weighted by Crippen LogP contribution is -2.60. The first kappa shape index (κ1) is 14.2. The van der Waals surface area contributed by atoms with Gasteiger partial charge < -0.3 is 10.4 Å². The summed E-state index contributed by atoms with van der Waals surface area (Å²) in [4.78, 5) is 33.6. The number of aryl methyl sites for hydroxylation is 1. The second kappa shape index (κ2) is 5.44. The molecule has 0 bridgehead atoms. The van der Waals surface area contributed by atoms with Crippen molar-refractivity contribution in [1.29, 1.82) is 0 Å². The summed E-state index contributed by atoms with van der Waals surface area (Å²) in [5, 5.41) is 12.0. The third-order valence-corrected chi connectivity index (χ3v) is 3.74. The summed E-state index contributed by atoms with van der Waals surface area (Å²) in [7, 11) is 1.50. The smallest absolute Gasteiger partial charge is 0.408 e. The van der Waals surface area contributed by atoms with Gasteiger partial charge in [0.1, 0.15) is 0 Å². The Morgan fingerprint density at radius 2 is 2.05 bits per heavy atom. The highest BCUT2D eigenvalue weighted by atomic mass is 16.4. The zero-order valence-corrected chi connectivity index (χ0v) is 11.6. The molecule has 2 amide bonds. The highest BCUT2D eigenvalue weighted by Crippen LogP contribution is 2.38. The molecule has 2 rings (SSSR count). The predicted molar refractivity (Wildman–Crippen MR) is 71.1 cm³/mol. The van der Waals surface area contributed by atoms with Crippen molar-refractivity contribution in [3.8, 4) is 0 Å². The van der Waals surface area contributed by atoms with E-state index >= 15 is 0 Å². The van der Waals surface area contributed by atoms with E-state index in [1.165, 1.54) is 24.3 Å². The number of likely N-dealkylation sites (N-methyl/N-ethyl adjacent to an activating group) is 1. The zero-order chi connectivity index (χ0) is 14.8. The molecule has 7 heteroatoms. The maximum atomic E-state index is 12.5. The maximum absolute atomic E-state index is 12.5. The number of rotatable bonds is 2. The van der Waals surface area contributed by atoms with E-state index < -0.39 is 11.6 Å². The van der Waals surface area contributed by atoms with Crippen LogP contribution in [0.1, 0.15) is 30.7 Å². The van der Waals surface area contributed by atoms with Gasteiger partial charge in [-0.2, -0.15) is 0 Å². The molecule has 1 atom stereocenters. The largest absolute Gasteiger partial charge is 0.465 e. The summed E-state index contributed by atoms with van der Waals surface area (Å²) in [6, 6.07) is 0. The van der Waals surface area contributed by atoms with Crippen molar-refractivity contribution in [3.63, 3.8) is 0 Å². The van der Waals surface area contributed by atoms with Gasteiger partial charge in [-0.15, -0.1) is 0 Å². The standard InChI is InChI=1S/C13H18N4O3/c1-9-10(16-7-6-15-9)13(11(18)14-2)5-3-4-8-17(13)12(19)20/h6-7H,3-5,8H2,1-2H3,(H,14,18)(H,19,20). The van der Waals surface area contributed by atoms with Crippen LogP contribution in [0, 0.1) is 6.92 Å². The second-order valence-corrected chi connectivity index (χ2v) is 4.82. The molecule has 2 N–H and O–H groups in total. The van der Waals surface area contributed by atoms with Gasteiger partial charge in [-0.3, -0.25) is 19.7 Å². The van der Waals surface area contributed by atoms with Gasteiger partial charge in [0.05, 0.1) is 11.4 Å². The maximum Gasteiger partial charge on any atom is 0.408 e. The summed E-state index contributed by atoms with van der Waals surface area (Å²) in [5.74, 6) is -0.358. The fourth-order valence-corrected chi connectivity index (χ4v) is 2.85. The quantitative estimate of drug-likeness (QED) is 0.837. The Morgan fingerprint density at radius 1 is 1.35 bits per heavy atom. The van der Waals surface area contributed by atoms with Crippen molar-refractivity contribution in [3.05, 3.63) is 23.8 Å². The Morgan fingerprint density at radius 3 is 2.65 bits per heavy atom. The van der Waals surface area contributed by atoms with E-state index in [1.54, 1.807) is 6.92 Å². The minimum atomic E-state index is -1.28. The van der Waals surface area contributed by atoms with E-state index in [9.17, 15) is 14.7 Å². The number of likely N-dealkylation sites (tertiary alicyclic amines) is 1. The molecule has 0 aliphatic carbocycles. The lowest BCUT2D eigenvalue weighted by molar-refractivity contribution is -0.135. The van der Waals surface area contributed by atoms with Crippen LogP contribution in [-0.2, 0) is 10.3 Å². The highest BCUT2D eigenvalue weighted by Gasteiger charge is 2.51. The van der Waals surface area contributed by atoms with Gasteiger partial charge in [0.15, 0.2) is 5.54 Å². The lowest BCUT2D eigenvalue weighted by Gasteiger charge is -2.43. The van der Waals surface area contributed by atoms with Crippen LogP contribution in [0.5, 0.6) is 0 Å². The molecule has 0 aromatic carbocycles. The number of hydrogen-bond donors (Lipinski definition) is 2. The van der Waals surface area contributed by atoms with Crippen LogP contribution >= 0.6 is 0 Å². The molecule has 1 fully saturated rings. The first-order valence-electron chi connectivity index (χ1n) is 6.55. The topological polar surface area (TPSA) is 95.4 Å². The third kappa shape index (κ3) is 2.09. The SMILES string of the molecule is CNC(=O)C1(c2nccnc2C)CCCCN1C(=O)O. The number of carbonyl (C=O) groups excluding carboxylic acids is 1. The average Bonchev–Trinajstić information content (AvgIpc) is 2.46. The summed E-state index contributed by atoms with van der Waals surface area (Å²) in [5.41, 5.74) is -0.289. The van der Waals surface area contributed by atoms with Gasteiger partial charge in [-0.25, -0.2) is 4.79 Å². The molecular formula is C13H18N4O3. The number of aromatic nitrogens is 2. The van der Waals surface area contributed by atoms with Gasteiger partial charge >= 0.3 is 6.09 Å². The number of nitrogens with one attached hydrogen (secondary N) is 1. The number of hydrogen-bond acceptors (Lipinski definition) is 4. The number of carboxylic acid groups (broad SMARTS) is 1. The molecule has 2 heterocycles. The Kier molecular flexibility index (Phi) is 3.87. The van der Waals surface area contributed by atoms with E-state index in [-0.39, 0.29) is 5.91 Å². The highest BCUT2D eigenvalue weighted by molar-refractivity contribution is 5.90. The van der Waals surface area contributed by atoms with Gasteiger partial charge in [-0.05, 0) is 26.2 Å². The molecule has 1 saturated heterocycles. The van der Waals surface area contributed by atoms with Crippen molar-refractivity contribution < 1.29 is 14.7 Å². The summed E-state index contributed by atoms with van der Waals surface area (Å²) < 4.78 is 0. The summed E-state index contributed by atoms with van der Waals surface area (Å²) in [6.07, 6.45) is 3.83. The lowest BCUT2D eigenvalue weighted by atomic mass is 9.81. The number of piperidine rings is 1. The molecule has 1 unspecified atom stereocenters. The van der Waals surface area contributed by atoms with Crippen LogP contribution in [0.2, 0.25) is 0 Å². The van der Waals surface area contributed by atoms with Gasteiger partial charge in [0.25, 0.3) is 5.91 Å². The fraction of sp³-hybridized carbons (Fsp3) is 0.538. The predicted octanol–water partition coefficient (Wildman–Crippen LogP) is 0.890. The number of nitrogens with zero attached hydrogens (tertiary/aromatic N) is 3. The molecule has 108 valence electrons. The molecule has 1 aromatic heterocycles. The van der Waals surface area contributed by atoms with Gasteiger partial charge in [-0.1, -0.05) is 0 Å². The van der Waals surface area contributed by atoms with Crippen molar-refractivity contribution in [2.45, 2.75) is 31.7 Å². The minimum Gasteiger partial charge on any atom is -0.465 e. The Hall–Kier alpha value is -2.18. The third-order valence-electron chi connectivity index (χ3n) is 3.74. The van der Waals surface area contributed by atoms with Crippen LogP contribution in [0.4, 0.5) is 4.79 Å². The Bertz CT molecular complexity index is 534. The van der Waals surface area contributed by atoms with Gasteiger partial charge in [0.2, 0.25) is 0 Å². The molecule has 0 spiro atoms. The van der Waals surface area contributed by atoms with Crippen molar-refractivity contribution in [2.75, 3.05) is 13.6 Å². The van der Waals surface area contributed by atoms with Crippen molar-refractivity contribution in [2.24, 2.45) is 0 Å². The molecule has 20 heavy (non-hydrogen) atoms. The van der Waals surface area contributed by atoms with Crippen LogP contribution in [-0.4, -0.2) is 45.6 Å². The van der Waals surface area contributed by atoms with E-state index in [4.69, 9.17) is 0 Å². The van der Waals surface area contributed by atoms with E-state index in [0.29, 0.717) is 24.4 Å². The van der Waals surface area contributed by atoms with E-state index in [1.807, 2.05) is 0 Å². The van der Waals surface area contributed by atoms with Crippen LogP contribution in [0.15, 0.2) is 12.4 Å². The minimum absolute atomic E-state index is 0.318. The van der Waals surface area contributed by atoms with Crippen LogP contribution < -0.4 is 5.32 Å². The monoisotopic (exact) mass is 278 g/mol. The fourth-order valence-electron chi connectivity index (χ4n) is 2.85. The first-order chi connectivity index (χ1) is 9.54. The molecule has 7 nitrogen and oxygen atoms in total. The average molecular weight is 278 g/mol. The van der Waals surface area contributed by atoms with E-state index in [0.717, 1.165) is 12.8 Å². The van der Waals surface area contributed by atoms with Gasteiger partial charge in [0, 0.05) is 26.0 Å². The first-order valence-corrected chi connectivity index (χ1v) is 6.55. The molecule has 0 saturated carbocycles. The van der Waals surface area contributed by atoms with Crippen molar-refractivity contribution in [1.82, 2.24) is 20.2 Å². The normalized spacial score (nSPS) is 22.4. The van der Waals surface area contributed by atoms with Crippen molar-refractivity contribution >= 4 is 12.0 Å². The second-order valence-electron chi connectivity index (χ2n) is 4.82. The number of amides is 2. The molecule has 1 aliphatic heterocycles. The molecule has 1 aliphatic rings. The summed E-state index contributed by atoms with van der Waals surface area (Å²) in [6.45, 7) is 2.06. The molecule has 0 radical (unpaired) electrons. The Balaban J connectivity index is 2.63. The van der Waals surface area contributed by atoms with Crippen LogP contribution in [0.3, 0.4) is 0 Å². The summed E-state index contributed by atoms with van der Waals surface area (Å²) >= 11 is 0. The Labute approximate surface area is 117 Å². The molecule has 1 aromatic rings.